The van der Waals surface area contributed by atoms with Crippen molar-refractivity contribution in [3.05, 3.63) is 89.5 Å². The lowest BCUT2D eigenvalue weighted by molar-refractivity contribution is -0.162. The molecule has 0 unspecified atom stereocenters. The third-order valence-electron chi connectivity index (χ3n) is 4.52. The number of aliphatic hydroxyl groups is 1. The minimum atomic E-state index is -2.17. The average molecular weight is 386 g/mol. The molecule has 1 N–H and O–H groups in total. The van der Waals surface area contributed by atoms with Gasteiger partial charge in [-0.1, -0.05) is 24.3 Å². The molecule has 0 aliphatic rings. The van der Waals surface area contributed by atoms with Gasteiger partial charge in [0, 0.05) is 18.9 Å². The van der Waals surface area contributed by atoms with Crippen LogP contribution in [0, 0.1) is 18.6 Å². The number of aryl methyl sites for hydroxylation is 2. The Morgan fingerprint density at radius 3 is 2.07 bits per heavy atom. The van der Waals surface area contributed by atoms with Crippen LogP contribution in [0.25, 0.3) is 0 Å². The van der Waals surface area contributed by atoms with Crippen molar-refractivity contribution in [2.45, 2.75) is 25.5 Å². The van der Waals surface area contributed by atoms with Crippen LogP contribution < -0.4 is 0 Å². The zero-order valence-electron chi connectivity index (χ0n) is 15.3. The Balaban J connectivity index is 1.78. The van der Waals surface area contributed by atoms with Crippen molar-refractivity contribution in [2.24, 2.45) is 0 Å². The second-order valence-electron chi connectivity index (χ2n) is 6.38. The van der Waals surface area contributed by atoms with Gasteiger partial charge in [-0.25, -0.2) is 18.6 Å². The van der Waals surface area contributed by atoms with Crippen LogP contribution in [0.5, 0.6) is 0 Å². The highest BCUT2D eigenvalue weighted by Gasteiger charge is 2.41. The fraction of sp³-hybridized carbons (Fsp3) is 0.238. The Labute approximate surface area is 161 Å². The van der Waals surface area contributed by atoms with Crippen molar-refractivity contribution in [2.75, 3.05) is 6.61 Å². The van der Waals surface area contributed by atoms with Crippen molar-refractivity contribution in [3.8, 4) is 0 Å². The molecular weight excluding hydrogens is 366 g/mol. The largest absolute Gasteiger partial charge is 0.463 e. The predicted molar refractivity (Wildman–Crippen MR) is 98.3 cm³/mol. The summed E-state index contributed by atoms with van der Waals surface area (Å²) in [6.45, 7) is 2.54. The highest BCUT2D eigenvalue weighted by molar-refractivity contribution is 5.85. The van der Waals surface area contributed by atoms with Crippen LogP contribution >= 0.6 is 0 Å². The summed E-state index contributed by atoms with van der Waals surface area (Å²) in [4.78, 5) is 16.9. The van der Waals surface area contributed by atoms with Gasteiger partial charge in [0.05, 0.1) is 6.61 Å². The van der Waals surface area contributed by atoms with Crippen molar-refractivity contribution >= 4 is 5.97 Å². The molecule has 28 heavy (non-hydrogen) atoms. The number of halogens is 2. The molecule has 0 fully saturated rings. The molecule has 7 heteroatoms. The summed E-state index contributed by atoms with van der Waals surface area (Å²) in [5.41, 5.74) is -1.90. The number of hydrogen-bond donors (Lipinski definition) is 1. The minimum absolute atomic E-state index is 0.0706. The number of carbonyl (C=O) groups excluding carboxylic acids is 1. The number of imidazole rings is 1. The topological polar surface area (TPSA) is 64.4 Å². The molecule has 0 bridgehead atoms. The maximum Gasteiger partial charge on any atom is 0.347 e. The van der Waals surface area contributed by atoms with E-state index in [0.717, 1.165) is 30.1 Å². The van der Waals surface area contributed by atoms with Crippen molar-refractivity contribution < 1.29 is 23.4 Å². The second-order valence-corrected chi connectivity index (χ2v) is 6.38. The molecule has 0 aliphatic carbocycles. The quantitative estimate of drug-likeness (QED) is 0.500. The van der Waals surface area contributed by atoms with E-state index in [-0.39, 0.29) is 17.7 Å². The molecule has 1 heterocycles. The maximum absolute atomic E-state index is 13.3. The molecule has 0 aliphatic heterocycles. The molecule has 0 saturated carbocycles. The number of ether oxygens (including phenoxy) is 1. The Hall–Kier alpha value is -3.06. The van der Waals surface area contributed by atoms with E-state index < -0.39 is 23.2 Å². The highest BCUT2D eigenvalue weighted by Crippen LogP contribution is 2.31. The van der Waals surface area contributed by atoms with Crippen LogP contribution in [0.15, 0.2) is 60.9 Å². The second kappa shape index (κ2) is 8.31. The molecule has 146 valence electrons. The third kappa shape index (κ3) is 4.09. The summed E-state index contributed by atoms with van der Waals surface area (Å²) < 4.78 is 33.8. The summed E-state index contributed by atoms with van der Waals surface area (Å²) in [5.74, 6) is -1.07. The van der Waals surface area contributed by atoms with Crippen molar-refractivity contribution in [1.82, 2.24) is 9.55 Å². The first kappa shape index (κ1) is 19.7. The van der Waals surface area contributed by atoms with Gasteiger partial charge in [-0.2, -0.15) is 0 Å². The van der Waals surface area contributed by atoms with Gasteiger partial charge in [0.1, 0.15) is 17.5 Å². The minimum Gasteiger partial charge on any atom is -0.463 e. The van der Waals surface area contributed by atoms with E-state index in [1.165, 1.54) is 24.3 Å². The first-order valence-corrected chi connectivity index (χ1v) is 8.80. The lowest BCUT2D eigenvalue weighted by Crippen LogP contribution is -2.39. The van der Waals surface area contributed by atoms with E-state index in [2.05, 4.69) is 4.98 Å². The predicted octanol–water partition coefficient (Wildman–Crippen LogP) is 3.34. The number of nitrogens with zero attached hydrogens (tertiary/aromatic N) is 2. The Bertz CT molecular complexity index is 892. The van der Waals surface area contributed by atoms with E-state index in [1.807, 2.05) is 17.7 Å². The zero-order chi connectivity index (χ0) is 20.1. The van der Waals surface area contributed by atoms with E-state index in [1.54, 1.807) is 6.20 Å². The van der Waals surface area contributed by atoms with Crippen LogP contribution in [0.4, 0.5) is 8.78 Å². The van der Waals surface area contributed by atoms with Gasteiger partial charge < -0.3 is 14.4 Å². The maximum atomic E-state index is 13.3. The Morgan fingerprint density at radius 1 is 1.07 bits per heavy atom. The van der Waals surface area contributed by atoms with Gasteiger partial charge >= 0.3 is 5.97 Å². The first-order valence-electron chi connectivity index (χ1n) is 8.80. The molecule has 1 aromatic heterocycles. The molecule has 0 spiro atoms. The van der Waals surface area contributed by atoms with Gasteiger partial charge in [0.25, 0.3) is 0 Å². The molecule has 0 amide bonds. The van der Waals surface area contributed by atoms with Crippen LogP contribution in [0.2, 0.25) is 0 Å². The van der Waals surface area contributed by atoms with Crippen LogP contribution in [-0.2, 0) is 21.7 Å². The fourth-order valence-electron chi connectivity index (χ4n) is 2.93. The number of hydrogen-bond acceptors (Lipinski definition) is 4. The van der Waals surface area contributed by atoms with Gasteiger partial charge in [-0.05, 0) is 48.7 Å². The smallest absolute Gasteiger partial charge is 0.347 e. The normalized spacial score (nSPS) is 11.4. The van der Waals surface area contributed by atoms with E-state index in [0.29, 0.717) is 13.0 Å². The summed E-state index contributed by atoms with van der Waals surface area (Å²) in [6, 6.07) is 9.75. The Morgan fingerprint density at radius 2 is 1.61 bits per heavy atom. The van der Waals surface area contributed by atoms with Crippen molar-refractivity contribution in [3.63, 3.8) is 0 Å². The lowest BCUT2D eigenvalue weighted by atomic mass is 9.86. The SMILES string of the molecule is Cc1nccn1CCCOC(=O)C(O)(c1ccc(F)cc1)c1ccc(F)cc1. The van der Waals surface area contributed by atoms with Gasteiger partial charge in [0.2, 0.25) is 5.60 Å². The monoisotopic (exact) mass is 386 g/mol. The molecule has 3 rings (SSSR count). The van der Waals surface area contributed by atoms with Crippen LogP contribution in [-0.4, -0.2) is 27.2 Å². The molecule has 0 saturated heterocycles. The summed E-state index contributed by atoms with van der Waals surface area (Å²) in [5, 5.41) is 11.2. The molecule has 5 nitrogen and oxygen atoms in total. The van der Waals surface area contributed by atoms with Crippen molar-refractivity contribution in [1.29, 1.82) is 0 Å². The average Bonchev–Trinajstić information content (AvgIpc) is 3.10. The summed E-state index contributed by atoms with van der Waals surface area (Å²) >= 11 is 0. The van der Waals surface area contributed by atoms with Crippen LogP contribution in [0.1, 0.15) is 23.4 Å². The van der Waals surface area contributed by atoms with E-state index >= 15 is 0 Å². The van der Waals surface area contributed by atoms with Gasteiger partial charge in [-0.15, -0.1) is 0 Å². The number of aromatic nitrogens is 2. The Kier molecular flexibility index (Phi) is 5.84. The molecular formula is C21H20F2N2O3. The summed E-state index contributed by atoms with van der Waals surface area (Å²) in [7, 11) is 0. The number of rotatable bonds is 7. The van der Waals surface area contributed by atoms with Gasteiger partial charge in [0.15, 0.2) is 0 Å². The summed E-state index contributed by atoms with van der Waals surface area (Å²) in [6.07, 6.45) is 4.03. The van der Waals surface area contributed by atoms with E-state index in [4.69, 9.17) is 4.74 Å². The van der Waals surface area contributed by atoms with Gasteiger partial charge in [-0.3, -0.25) is 0 Å². The molecule has 0 atom stereocenters. The van der Waals surface area contributed by atoms with Crippen LogP contribution in [0.3, 0.4) is 0 Å². The highest BCUT2D eigenvalue weighted by atomic mass is 19.1. The van der Waals surface area contributed by atoms with E-state index in [9.17, 15) is 18.7 Å². The fourth-order valence-corrected chi connectivity index (χ4v) is 2.93. The zero-order valence-corrected chi connectivity index (χ0v) is 15.3. The first-order chi connectivity index (χ1) is 13.4. The standard InChI is InChI=1S/C21H20F2N2O3/c1-15-24-11-13-25(15)12-2-14-28-20(26)21(27,16-3-7-18(22)8-4-16)17-5-9-19(23)10-6-17/h3-11,13,27H,2,12,14H2,1H3. The lowest BCUT2D eigenvalue weighted by Gasteiger charge is -2.27. The third-order valence-corrected chi connectivity index (χ3v) is 4.52. The number of esters is 1. The number of benzene rings is 2. The molecule has 0 radical (unpaired) electrons. The molecule has 3 aromatic rings. The molecule has 2 aromatic carbocycles. The number of carbonyl (C=O) groups is 1.